The Kier molecular flexibility index (Phi) is 5.12. The van der Waals surface area contributed by atoms with E-state index in [0.29, 0.717) is 22.5 Å². The smallest absolute Gasteiger partial charge is 0.253 e. The maximum absolute atomic E-state index is 12.9. The highest BCUT2D eigenvalue weighted by Gasteiger charge is 2.14. The zero-order chi connectivity index (χ0) is 13.0. The van der Waals surface area contributed by atoms with Gasteiger partial charge in [-0.3, -0.25) is 4.79 Å². The molecule has 1 aromatic carbocycles. The van der Waals surface area contributed by atoms with Crippen LogP contribution in [0.4, 0.5) is 4.39 Å². The largest absolute Gasteiger partial charge is 0.342 e. The van der Waals surface area contributed by atoms with E-state index < -0.39 is 0 Å². The molecule has 0 N–H and O–H groups in total. The number of benzene rings is 1. The third-order valence-corrected chi connectivity index (χ3v) is 3.09. The maximum atomic E-state index is 12.9. The van der Waals surface area contributed by atoms with Gasteiger partial charge >= 0.3 is 0 Å². The van der Waals surface area contributed by atoms with Crippen LogP contribution in [-0.4, -0.2) is 29.2 Å². The van der Waals surface area contributed by atoms with Crippen molar-refractivity contribution in [1.82, 2.24) is 4.90 Å². The molecular weight excluding hydrogens is 285 g/mol. The van der Waals surface area contributed by atoms with Gasteiger partial charge in [-0.05, 0) is 37.1 Å². The fourth-order valence-corrected chi connectivity index (χ4v) is 1.75. The lowest BCUT2D eigenvalue weighted by atomic mass is 10.1. The summed E-state index contributed by atoms with van der Waals surface area (Å²) < 4.78 is 12.9. The normalized spacial score (nSPS) is 12.3. The fourth-order valence-electron chi connectivity index (χ4n) is 1.55. The van der Waals surface area contributed by atoms with E-state index in [1.165, 1.54) is 12.1 Å². The monoisotopic (exact) mass is 301 g/mol. The number of carbonyl (C=O) groups excluding carboxylic acids is 1. The van der Waals surface area contributed by atoms with Crippen LogP contribution in [0.5, 0.6) is 0 Å². The molecule has 0 aliphatic heterocycles. The fraction of sp³-hybridized carbons (Fsp3) is 0.462. The maximum Gasteiger partial charge on any atom is 0.253 e. The zero-order valence-electron chi connectivity index (χ0n) is 10.3. The molecule has 1 aromatic rings. The summed E-state index contributed by atoms with van der Waals surface area (Å²) in [7, 11) is 1.76. The van der Waals surface area contributed by atoms with Crippen LogP contribution >= 0.6 is 15.9 Å². The molecular formula is C13H17BrFNO. The van der Waals surface area contributed by atoms with Gasteiger partial charge in [-0.25, -0.2) is 4.39 Å². The number of aryl methyl sites for hydroxylation is 1. The minimum Gasteiger partial charge on any atom is -0.342 e. The van der Waals surface area contributed by atoms with Gasteiger partial charge in [-0.15, -0.1) is 0 Å². The van der Waals surface area contributed by atoms with Crippen LogP contribution < -0.4 is 0 Å². The summed E-state index contributed by atoms with van der Waals surface area (Å²) in [5, 5.41) is 0. The summed E-state index contributed by atoms with van der Waals surface area (Å²) in [6, 6.07) is 4.25. The van der Waals surface area contributed by atoms with Gasteiger partial charge in [0.25, 0.3) is 5.91 Å². The standard InChI is InChI=1S/C13H17BrFNO/c1-9-8-11(15)4-5-12(9)13(17)16(3)7-6-10(2)14/h4-5,8,10H,6-7H2,1-3H3. The van der Waals surface area contributed by atoms with Crippen molar-refractivity contribution in [3.63, 3.8) is 0 Å². The number of hydrogen-bond acceptors (Lipinski definition) is 1. The van der Waals surface area contributed by atoms with Crippen molar-refractivity contribution in [2.45, 2.75) is 25.1 Å². The van der Waals surface area contributed by atoms with Crippen molar-refractivity contribution in [3.8, 4) is 0 Å². The minimum absolute atomic E-state index is 0.0596. The number of nitrogens with zero attached hydrogens (tertiary/aromatic N) is 1. The van der Waals surface area contributed by atoms with Gasteiger partial charge in [-0.1, -0.05) is 22.9 Å². The van der Waals surface area contributed by atoms with E-state index in [1.54, 1.807) is 24.9 Å². The molecule has 2 nitrogen and oxygen atoms in total. The van der Waals surface area contributed by atoms with E-state index in [2.05, 4.69) is 15.9 Å². The molecule has 0 saturated heterocycles. The molecule has 0 aromatic heterocycles. The van der Waals surface area contributed by atoms with Crippen molar-refractivity contribution in [1.29, 1.82) is 0 Å². The van der Waals surface area contributed by atoms with Crippen molar-refractivity contribution in [3.05, 3.63) is 35.1 Å². The number of halogens is 2. The Bertz CT molecular complexity index is 406. The van der Waals surface area contributed by atoms with Crippen LogP contribution in [0, 0.1) is 12.7 Å². The summed E-state index contributed by atoms with van der Waals surface area (Å²) in [6.07, 6.45) is 0.891. The number of hydrogen-bond donors (Lipinski definition) is 0. The predicted molar refractivity (Wildman–Crippen MR) is 71.1 cm³/mol. The number of amides is 1. The highest BCUT2D eigenvalue weighted by molar-refractivity contribution is 9.09. The topological polar surface area (TPSA) is 20.3 Å². The first kappa shape index (κ1) is 14.2. The molecule has 17 heavy (non-hydrogen) atoms. The predicted octanol–water partition coefficient (Wildman–Crippen LogP) is 3.38. The molecule has 0 aliphatic rings. The molecule has 1 unspecified atom stereocenters. The Hall–Kier alpha value is -0.900. The Labute approximate surface area is 110 Å². The van der Waals surface area contributed by atoms with Gasteiger partial charge in [0.05, 0.1) is 0 Å². The van der Waals surface area contributed by atoms with Gasteiger partial charge in [0, 0.05) is 24.0 Å². The van der Waals surface area contributed by atoms with Crippen molar-refractivity contribution < 1.29 is 9.18 Å². The quantitative estimate of drug-likeness (QED) is 0.781. The average Bonchev–Trinajstić information content (AvgIpc) is 2.25. The molecule has 1 rings (SSSR count). The molecule has 1 atom stereocenters. The molecule has 0 bridgehead atoms. The first-order chi connectivity index (χ1) is 7.91. The molecule has 0 heterocycles. The van der Waals surface area contributed by atoms with Crippen LogP contribution in [0.15, 0.2) is 18.2 Å². The molecule has 0 radical (unpaired) electrons. The van der Waals surface area contributed by atoms with Crippen LogP contribution in [0.1, 0.15) is 29.3 Å². The van der Waals surface area contributed by atoms with Crippen molar-refractivity contribution in [2.75, 3.05) is 13.6 Å². The summed E-state index contributed by atoms with van der Waals surface area (Å²) in [5.74, 6) is -0.369. The van der Waals surface area contributed by atoms with Gasteiger partial charge in [0.15, 0.2) is 0 Å². The number of alkyl halides is 1. The van der Waals surface area contributed by atoms with Gasteiger partial charge in [0.1, 0.15) is 5.82 Å². The van der Waals surface area contributed by atoms with Gasteiger partial charge < -0.3 is 4.90 Å². The lowest BCUT2D eigenvalue weighted by Gasteiger charge is -2.19. The van der Waals surface area contributed by atoms with Crippen LogP contribution in [-0.2, 0) is 0 Å². The minimum atomic E-state index is -0.309. The molecule has 4 heteroatoms. The highest BCUT2D eigenvalue weighted by Crippen LogP contribution is 2.13. The molecule has 0 fully saturated rings. The Balaban J connectivity index is 2.75. The lowest BCUT2D eigenvalue weighted by Crippen LogP contribution is -2.29. The van der Waals surface area contributed by atoms with E-state index in [0.717, 1.165) is 6.42 Å². The first-order valence-corrected chi connectivity index (χ1v) is 6.49. The molecule has 0 saturated carbocycles. The summed E-state index contributed by atoms with van der Waals surface area (Å²) in [5.41, 5.74) is 1.24. The Morgan fingerprint density at radius 2 is 2.18 bits per heavy atom. The molecule has 94 valence electrons. The zero-order valence-corrected chi connectivity index (χ0v) is 11.9. The summed E-state index contributed by atoms with van der Waals surface area (Å²) in [6.45, 7) is 4.47. The van der Waals surface area contributed by atoms with Crippen LogP contribution in [0.25, 0.3) is 0 Å². The second-order valence-electron chi connectivity index (χ2n) is 4.26. The number of carbonyl (C=O) groups is 1. The Morgan fingerprint density at radius 3 is 2.71 bits per heavy atom. The second kappa shape index (κ2) is 6.15. The first-order valence-electron chi connectivity index (χ1n) is 5.57. The van der Waals surface area contributed by atoms with Gasteiger partial charge in [0.2, 0.25) is 0 Å². The van der Waals surface area contributed by atoms with Crippen molar-refractivity contribution in [2.24, 2.45) is 0 Å². The van der Waals surface area contributed by atoms with E-state index in [1.807, 2.05) is 6.92 Å². The third-order valence-electron chi connectivity index (χ3n) is 2.63. The lowest BCUT2D eigenvalue weighted by molar-refractivity contribution is 0.0793. The SMILES string of the molecule is Cc1cc(F)ccc1C(=O)N(C)CCC(C)Br. The van der Waals surface area contributed by atoms with E-state index in [4.69, 9.17) is 0 Å². The van der Waals surface area contributed by atoms with Crippen LogP contribution in [0.3, 0.4) is 0 Å². The average molecular weight is 302 g/mol. The summed E-state index contributed by atoms with van der Waals surface area (Å²) in [4.78, 5) is 14.1. The van der Waals surface area contributed by atoms with E-state index in [-0.39, 0.29) is 11.7 Å². The Morgan fingerprint density at radius 1 is 1.53 bits per heavy atom. The van der Waals surface area contributed by atoms with Crippen molar-refractivity contribution >= 4 is 21.8 Å². The molecule has 0 aliphatic carbocycles. The summed E-state index contributed by atoms with van der Waals surface area (Å²) >= 11 is 3.44. The number of rotatable bonds is 4. The van der Waals surface area contributed by atoms with E-state index in [9.17, 15) is 9.18 Å². The van der Waals surface area contributed by atoms with Crippen LogP contribution in [0.2, 0.25) is 0 Å². The third kappa shape index (κ3) is 4.11. The highest BCUT2D eigenvalue weighted by atomic mass is 79.9. The van der Waals surface area contributed by atoms with Gasteiger partial charge in [-0.2, -0.15) is 0 Å². The second-order valence-corrected chi connectivity index (χ2v) is 5.82. The molecule has 0 spiro atoms. The van der Waals surface area contributed by atoms with E-state index >= 15 is 0 Å². The molecule has 1 amide bonds.